The highest BCUT2D eigenvalue weighted by atomic mass is 16.5. The molecule has 0 spiro atoms. The van der Waals surface area contributed by atoms with Crippen molar-refractivity contribution < 1.29 is 9.53 Å². The minimum absolute atomic E-state index is 0.0334. The number of benzene rings is 2. The summed E-state index contributed by atoms with van der Waals surface area (Å²) >= 11 is 0. The molecule has 2 aromatic rings. The highest BCUT2D eigenvalue weighted by molar-refractivity contribution is 6.03. The van der Waals surface area contributed by atoms with Crippen molar-refractivity contribution in [2.45, 2.75) is 26.9 Å². The minimum atomic E-state index is -0.0334. The molecular weight excluding hydrogens is 286 g/mol. The van der Waals surface area contributed by atoms with Crippen molar-refractivity contribution in [3.05, 3.63) is 66.2 Å². The fourth-order valence-corrected chi connectivity index (χ4v) is 2.29. The van der Waals surface area contributed by atoms with Crippen LogP contribution < -0.4 is 9.64 Å². The molecule has 1 amide bonds. The Bertz CT molecular complexity index is 662. The molecule has 0 aliphatic rings. The van der Waals surface area contributed by atoms with Crippen LogP contribution in [0.5, 0.6) is 5.75 Å². The molecule has 120 valence electrons. The average Bonchev–Trinajstić information content (AvgIpc) is 2.54. The van der Waals surface area contributed by atoms with Crippen LogP contribution in [0.15, 0.2) is 60.7 Å². The molecule has 0 heterocycles. The van der Waals surface area contributed by atoms with E-state index in [1.807, 2.05) is 81.4 Å². The first-order chi connectivity index (χ1) is 11.1. The lowest BCUT2D eigenvalue weighted by Gasteiger charge is -2.19. The van der Waals surface area contributed by atoms with Gasteiger partial charge in [-0.15, -0.1) is 0 Å². The Labute approximate surface area is 138 Å². The summed E-state index contributed by atoms with van der Waals surface area (Å²) < 4.78 is 5.67. The van der Waals surface area contributed by atoms with E-state index in [2.05, 4.69) is 0 Å². The molecule has 2 aromatic carbocycles. The molecule has 0 saturated carbocycles. The molecule has 0 aromatic heterocycles. The molecule has 3 heteroatoms. The number of carbonyl (C=O) groups excluding carboxylic acids is 1. The van der Waals surface area contributed by atoms with Crippen LogP contribution in [0, 0.1) is 0 Å². The molecule has 0 saturated heterocycles. The van der Waals surface area contributed by atoms with Gasteiger partial charge < -0.3 is 9.64 Å². The molecule has 0 atom stereocenters. The van der Waals surface area contributed by atoms with Crippen molar-refractivity contribution in [1.82, 2.24) is 0 Å². The van der Waals surface area contributed by atoms with Crippen molar-refractivity contribution in [2.75, 3.05) is 11.4 Å². The highest BCUT2D eigenvalue weighted by Crippen LogP contribution is 2.17. The third kappa shape index (κ3) is 4.99. The number of ether oxygens (including phenoxy) is 1. The van der Waals surface area contributed by atoms with Gasteiger partial charge in [-0.25, -0.2) is 0 Å². The van der Waals surface area contributed by atoms with Gasteiger partial charge in [-0.1, -0.05) is 30.3 Å². The summed E-state index contributed by atoms with van der Waals surface area (Å²) in [6, 6.07) is 17.4. The molecule has 0 bridgehead atoms. The Morgan fingerprint density at radius 2 is 1.87 bits per heavy atom. The van der Waals surface area contributed by atoms with Crippen molar-refractivity contribution in [1.29, 1.82) is 0 Å². The number of anilines is 1. The Hall–Kier alpha value is -2.55. The van der Waals surface area contributed by atoms with Gasteiger partial charge >= 0.3 is 0 Å². The summed E-state index contributed by atoms with van der Waals surface area (Å²) in [5.74, 6) is 0.777. The molecule has 0 fully saturated rings. The van der Waals surface area contributed by atoms with Crippen LogP contribution in [0.25, 0.3) is 6.08 Å². The lowest BCUT2D eigenvalue weighted by atomic mass is 10.2. The number of rotatable bonds is 6. The third-order valence-corrected chi connectivity index (χ3v) is 3.30. The minimum Gasteiger partial charge on any atom is -0.491 e. The number of para-hydroxylation sites is 1. The molecule has 0 aliphatic carbocycles. The number of carbonyl (C=O) groups is 1. The maximum atomic E-state index is 12.4. The molecule has 0 unspecified atom stereocenters. The van der Waals surface area contributed by atoms with E-state index >= 15 is 0 Å². The second-order valence-electron chi connectivity index (χ2n) is 5.49. The van der Waals surface area contributed by atoms with Gasteiger partial charge in [0.1, 0.15) is 5.75 Å². The predicted octanol–water partition coefficient (Wildman–Crippen LogP) is 4.54. The number of nitrogens with zero attached hydrogens (tertiary/aromatic N) is 1. The van der Waals surface area contributed by atoms with Gasteiger partial charge in [0.2, 0.25) is 0 Å². The number of amides is 1. The van der Waals surface area contributed by atoms with Gasteiger partial charge in [0.25, 0.3) is 5.91 Å². The van der Waals surface area contributed by atoms with Crippen LogP contribution in [0.3, 0.4) is 0 Å². The van der Waals surface area contributed by atoms with Gasteiger partial charge in [-0.05, 0) is 56.7 Å². The molecule has 0 N–H and O–H groups in total. The maximum absolute atomic E-state index is 12.4. The van der Waals surface area contributed by atoms with E-state index in [0.29, 0.717) is 6.54 Å². The molecule has 2 rings (SSSR count). The van der Waals surface area contributed by atoms with Crippen molar-refractivity contribution in [3.63, 3.8) is 0 Å². The number of hydrogen-bond acceptors (Lipinski definition) is 2. The van der Waals surface area contributed by atoms with Crippen LogP contribution in [0.4, 0.5) is 5.69 Å². The lowest BCUT2D eigenvalue weighted by Crippen LogP contribution is -2.28. The van der Waals surface area contributed by atoms with Crippen LogP contribution in [-0.4, -0.2) is 18.6 Å². The fourth-order valence-electron chi connectivity index (χ4n) is 2.29. The van der Waals surface area contributed by atoms with E-state index < -0.39 is 0 Å². The largest absolute Gasteiger partial charge is 0.491 e. The van der Waals surface area contributed by atoms with E-state index in [4.69, 9.17) is 4.74 Å². The van der Waals surface area contributed by atoms with Crippen LogP contribution in [0.2, 0.25) is 0 Å². The van der Waals surface area contributed by atoms with E-state index in [0.717, 1.165) is 17.0 Å². The van der Waals surface area contributed by atoms with Crippen LogP contribution >= 0.6 is 0 Å². The summed E-state index contributed by atoms with van der Waals surface area (Å²) in [6.07, 6.45) is 3.55. The first kappa shape index (κ1) is 16.8. The molecule has 0 aliphatic heterocycles. The third-order valence-electron chi connectivity index (χ3n) is 3.30. The van der Waals surface area contributed by atoms with Gasteiger partial charge in [-0.3, -0.25) is 4.79 Å². The van der Waals surface area contributed by atoms with E-state index in [1.165, 1.54) is 0 Å². The molecule has 0 radical (unpaired) electrons. The van der Waals surface area contributed by atoms with Crippen molar-refractivity contribution >= 4 is 17.7 Å². The summed E-state index contributed by atoms with van der Waals surface area (Å²) in [4.78, 5) is 14.2. The Kier molecular flexibility index (Phi) is 5.98. The number of hydrogen-bond donors (Lipinski definition) is 0. The summed E-state index contributed by atoms with van der Waals surface area (Å²) in [6.45, 7) is 6.58. The van der Waals surface area contributed by atoms with Crippen LogP contribution in [-0.2, 0) is 4.79 Å². The Morgan fingerprint density at radius 3 is 2.52 bits per heavy atom. The topological polar surface area (TPSA) is 29.5 Å². The zero-order chi connectivity index (χ0) is 16.7. The van der Waals surface area contributed by atoms with Gasteiger partial charge in [0.05, 0.1) is 6.10 Å². The summed E-state index contributed by atoms with van der Waals surface area (Å²) in [7, 11) is 0. The maximum Gasteiger partial charge on any atom is 0.250 e. The van der Waals surface area contributed by atoms with Gasteiger partial charge in [-0.2, -0.15) is 0 Å². The predicted molar refractivity (Wildman–Crippen MR) is 95.7 cm³/mol. The quantitative estimate of drug-likeness (QED) is 0.733. The zero-order valence-electron chi connectivity index (χ0n) is 13.9. The molecule has 3 nitrogen and oxygen atoms in total. The average molecular weight is 309 g/mol. The first-order valence-corrected chi connectivity index (χ1v) is 7.91. The van der Waals surface area contributed by atoms with Gasteiger partial charge in [0, 0.05) is 18.3 Å². The fraction of sp³-hybridized carbons (Fsp3) is 0.250. The molecular formula is C20H23NO2. The SMILES string of the molecule is CCN(C(=O)/C=C/c1cccc(OC(C)C)c1)c1ccccc1. The second kappa shape index (κ2) is 8.18. The summed E-state index contributed by atoms with van der Waals surface area (Å²) in [5.41, 5.74) is 1.85. The first-order valence-electron chi connectivity index (χ1n) is 7.91. The molecule has 23 heavy (non-hydrogen) atoms. The Morgan fingerprint density at radius 1 is 1.13 bits per heavy atom. The second-order valence-corrected chi connectivity index (χ2v) is 5.49. The normalized spacial score (nSPS) is 11.0. The zero-order valence-corrected chi connectivity index (χ0v) is 13.9. The monoisotopic (exact) mass is 309 g/mol. The Balaban J connectivity index is 2.11. The van der Waals surface area contributed by atoms with E-state index in [1.54, 1.807) is 11.0 Å². The standard InChI is InChI=1S/C20H23NO2/c1-4-21(18-10-6-5-7-11-18)20(22)14-13-17-9-8-12-19(15-17)23-16(2)3/h5-16H,4H2,1-3H3/b14-13+. The highest BCUT2D eigenvalue weighted by Gasteiger charge is 2.10. The summed E-state index contributed by atoms with van der Waals surface area (Å²) in [5, 5.41) is 0. The number of likely N-dealkylation sites (N-methyl/N-ethyl adjacent to an activating group) is 1. The lowest BCUT2D eigenvalue weighted by molar-refractivity contribution is -0.114. The van der Waals surface area contributed by atoms with E-state index in [9.17, 15) is 4.79 Å². The van der Waals surface area contributed by atoms with Crippen LogP contribution in [0.1, 0.15) is 26.3 Å². The van der Waals surface area contributed by atoms with E-state index in [-0.39, 0.29) is 12.0 Å². The van der Waals surface area contributed by atoms with Gasteiger partial charge in [0.15, 0.2) is 0 Å². The van der Waals surface area contributed by atoms with Crippen molar-refractivity contribution in [2.24, 2.45) is 0 Å². The van der Waals surface area contributed by atoms with Crippen molar-refractivity contribution in [3.8, 4) is 5.75 Å². The smallest absolute Gasteiger partial charge is 0.250 e.